The summed E-state index contributed by atoms with van der Waals surface area (Å²) in [7, 11) is 0. The summed E-state index contributed by atoms with van der Waals surface area (Å²) in [6, 6.07) is 10.1. The third kappa shape index (κ3) is 2.75. The molecule has 1 aromatic heterocycles. The summed E-state index contributed by atoms with van der Waals surface area (Å²) < 4.78 is 0. The first-order valence-corrected chi connectivity index (χ1v) is 7.48. The Morgan fingerprint density at radius 2 is 1.76 bits per heavy atom. The van der Waals surface area contributed by atoms with Gasteiger partial charge in [-0.05, 0) is 31.4 Å². The van der Waals surface area contributed by atoms with Crippen LogP contribution in [-0.4, -0.2) is 28.1 Å². The van der Waals surface area contributed by atoms with Crippen molar-refractivity contribution in [3.05, 3.63) is 35.5 Å². The van der Waals surface area contributed by atoms with Crippen molar-refractivity contribution in [2.24, 2.45) is 0 Å². The van der Waals surface area contributed by atoms with E-state index in [-0.39, 0.29) is 0 Å². The minimum atomic E-state index is 0.417. The van der Waals surface area contributed by atoms with Crippen molar-refractivity contribution in [2.45, 2.75) is 32.6 Å². The number of benzene rings is 1. The molecule has 0 atom stereocenters. The Labute approximate surface area is 124 Å². The molecule has 0 radical (unpaired) electrons. The van der Waals surface area contributed by atoms with Gasteiger partial charge in [0.1, 0.15) is 6.07 Å². The summed E-state index contributed by atoms with van der Waals surface area (Å²) in [6.45, 7) is 3.94. The van der Waals surface area contributed by atoms with Crippen LogP contribution in [0.3, 0.4) is 0 Å². The molecule has 1 saturated heterocycles. The molecule has 0 saturated carbocycles. The van der Waals surface area contributed by atoms with Gasteiger partial charge in [-0.3, -0.25) is 0 Å². The van der Waals surface area contributed by atoms with E-state index >= 15 is 0 Å². The Hall–Kier alpha value is -2.35. The molecule has 1 fully saturated rings. The highest BCUT2D eigenvalue weighted by molar-refractivity contribution is 5.51. The van der Waals surface area contributed by atoms with Gasteiger partial charge >= 0.3 is 0 Å². The molecule has 0 bridgehead atoms. The number of aromatic nitrogens is 3. The molecule has 5 nitrogen and oxygen atoms in total. The maximum atomic E-state index is 9.36. The lowest BCUT2D eigenvalue weighted by Gasteiger charge is -2.18. The Morgan fingerprint density at radius 1 is 1.05 bits per heavy atom. The zero-order chi connectivity index (χ0) is 14.7. The first-order valence-electron chi connectivity index (χ1n) is 7.48. The van der Waals surface area contributed by atoms with Gasteiger partial charge in [0, 0.05) is 13.1 Å². The van der Waals surface area contributed by atoms with E-state index in [1.165, 1.54) is 12.8 Å². The van der Waals surface area contributed by atoms with Crippen LogP contribution in [-0.2, 0) is 0 Å². The zero-order valence-electron chi connectivity index (χ0n) is 12.3. The highest BCUT2D eigenvalue weighted by atomic mass is 15.5. The van der Waals surface area contributed by atoms with Crippen molar-refractivity contribution in [3.8, 4) is 11.8 Å². The molecule has 3 rings (SSSR count). The molecule has 0 spiro atoms. The summed E-state index contributed by atoms with van der Waals surface area (Å²) in [5.74, 6) is 0.725. The predicted molar refractivity (Wildman–Crippen MR) is 81.5 cm³/mol. The van der Waals surface area contributed by atoms with Crippen LogP contribution >= 0.6 is 0 Å². The highest BCUT2D eigenvalue weighted by Crippen LogP contribution is 2.22. The fourth-order valence-corrected chi connectivity index (χ4v) is 2.76. The number of anilines is 1. The van der Waals surface area contributed by atoms with Gasteiger partial charge in [0.2, 0.25) is 5.69 Å². The average molecular weight is 281 g/mol. The van der Waals surface area contributed by atoms with E-state index < -0.39 is 0 Å². The molecule has 1 aliphatic rings. The van der Waals surface area contributed by atoms with Crippen LogP contribution in [0.2, 0.25) is 0 Å². The van der Waals surface area contributed by atoms with Gasteiger partial charge in [-0.2, -0.15) is 5.26 Å². The molecule has 5 heteroatoms. The predicted octanol–water partition coefficient (Wildman–Crippen LogP) is 2.83. The number of aryl methyl sites for hydroxylation is 1. The van der Waals surface area contributed by atoms with E-state index in [9.17, 15) is 5.26 Å². The van der Waals surface area contributed by atoms with Gasteiger partial charge in [0.05, 0.1) is 5.69 Å². The van der Waals surface area contributed by atoms with Crippen molar-refractivity contribution >= 4 is 5.82 Å². The minimum absolute atomic E-state index is 0.417. The van der Waals surface area contributed by atoms with Gasteiger partial charge in [-0.15, -0.1) is 15.0 Å². The zero-order valence-corrected chi connectivity index (χ0v) is 12.3. The van der Waals surface area contributed by atoms with Crippen LogP contribution < -0.4 is 4.90 Å². The van der Waals surface area contributed by atoms with Gasteiger partial charge in [-0.1, -0.05) is 31.0 Å². The van der Waals surface area contributed by atoms with Gasteiger partial charge in [-0.25, -0.2) is 0 Å². The Balaban J connectivity index is 1.99. The first kappa shape index (κ1) is 13.6. The second kappa shape index (κ2) is 5.96. The van der Waals surface area contributed by atoms with Crippen LogP contribution in [0.15, 0.2) is 24.3 Å². The van der Waals surface area contributed by atoms with Gasteiger partial charge in [0.15, 0.2) is 5.82 Å². The molecule has 1 aromatic carbocycles. The van der Waals surface area contributed by atoms with Crippen molar-refractivity contribution in [3.63, 3.8) is 0 Å². The number of hydrogen-bond acceptors (Lipinski definition) is 4. The molecule has 1 aliphatic heterocycles. The van der Waals surface area contributed by atoms with Crippen LogP contribution in [0.5, 0.6) is 0 Å². The number of rotatable bonds is 2. The molecule has 0 unspecified atom stereocenters. The van der Waals surface area contributed by atoms with Crippen LogP contribution in [0.25, 0.3) is 5.69 Å². The maximum absolute atomic E-state index is 9.36. The molecule has 0 aliphatic carbocycles. The van der Waals surface area contributed by atoms with E-state index in [4.69, 9.17) is 0 Å². The molecule has 2 aromatic rings. The van der Waals surface area contributed by atoms with Crippen molar-refractivity contribution < 1.29 is 0 Å². The standard InChI is InChI=1S/C16H19N5/c1-13-8-4-5-9-15(13)21-18-14(12-17)16(19-21)20-10-6-2-3-7-11-20/h4-5,8-9H,2-3,6-7,10-11H2,1H3. The summed E-state index contributed by atoms with van der Waals surface area (Å²) in [5.41, 5.74) is 2.44. The maximum Gasteiger partial charge on any atom is 0.207 e. The van der Waals surface area contributed by atoms with Crippen LogP contribution in [0.1, 0.15) is 36.9 Å². The topological polar surface area (TPSA) is 57.7 Å². The van der Waals surface area contributed by atoms with E-state index in [0.717, 1.165) is 43.0 Å². The lowest BCUT2D eigenvalue weighted by Crippen LogP contribution is -2.25. The molecular weight excluding hydrogens is 262 g/mol. The molecule has 21 heavy (non-hydrogen) atoms. The second-order valence-electron chi connectivity index (χ2n) is 5.46. The largest absolute Gasteiger partial charge is 0.353 e. The van der Waals surface area contributed by atoms with E-state index in [1.807, 2.05) is 31.2 Å². The minimum Gasteiger partial charge on any atom is -0.353 e. The first-order chi connectivity index (χ1) is 10.3. The Morgan fingerprint density at radius 3 is 2.43 bits per heavy atom. The number of para-hydroxylation sites is 1. The normalized spacial score (nSPS) is 15.5. The fourth-order valence-electron chi connectivity index (χ4n) is 2.76. The molecule has 0 N–H and O–H groups in total. The Kier molecular flexibility index (Phi) is 3.87. The molecule has 0 amide bonds. The van der Waals surface area contributed by atoms with Gasteiger partial charge in [0.25, 0.3) is 0 Å². The smallest absolute Gasteiger partial charge is 0.207 e. The number of hydrogen-bond donors (Lipinski definition) is 0. The summed E-state index contributed by atoms with van der Waals surface area (Å²) >= 11 is 0. The quantitative estimate of drug-likeness (QED) is 0.849. The average Bonchev–Trinajstić information content (AvgIpc) is 2.74. The van der Waals surface area contributed by atoms with Crippen molar-refractivity contribution in [2.75, 3.05) is 18.0 Å². The summed E-state index contributed by atoms with van der Waals surface area (Å²) in [4.78, 5) is 3.79. The third-order valence-corrected chi connectivity index (χ3v) is 3.94. The highest BCUT2D eigenvalue weighted by Gasteiger charge is 2.20. The van der Waals surface area contributed by atoms with Gasteiger partial charge < -0.3 is 4.90 Å². The number of nitrogens with zero attached hydrogens (tertiary/aromatic N) is 5. The molecular formula is C16H19N5. The SMILES string of the molecule is Cc1ccccc1-n1nc(C#N)c(N2CCCCCC2)n1. The fraction of sp³-hybridized carbons (Fsp3) is 0.438. The molecule has 2 heterocycles. The van der Waals surface area contributed by atoms with Crippen LogP contribution in [0.4, 0.5) is 5.82 Å². The van der Waals surface area contributed by atoms with Crippen molar-refractivity contribution in [1.29, 1.82) is 5.26 Å². The lowest BCUT2D eigenvalue weighted by molar-refractivity contribution is 0.724. The Bertz CT molecular complexity index is 660. The van der Waals surface area contributed by atoms with Crippen LogP contribution in [0, 0.1) is 18.3 Å². The lowest BCUT2D eigenvalue weighted by atomic mass is 10.2. The van der Waals surface area contributed by atoms with Crippen molar-refractivity contribution in [1.82, 2.24) is 15.0 Å². The number of nitriles is 1. The second-order valence-corrected chi connectivity index (χ2v) is 5.46. The summed E-state index contributed by atoms with van der Waals surface area (Å²) in [5, 5.41) is 18.3. The third-order valence-electron chi connectivity index (χ3n) is 3.94. The summed E-state index contributed by atoms with van der Waals surface area (Å²) in [6.07, 6.45) is 4.82. The molecule has 108 valence electrons. The monoisotopic (exact) mass is 281 g/mol. The van der Waals surface area contributed by atoms with E-state index in [0.29, 0.717) is 5.69 Å². The van der Waals surface area contributed by atoms with E-state index in [2.05, 4.69) is 21.2 Å². The van der Waals surface area contributed by atoms with E-state index in [1.54, 1.807) is 4.80 Å².